The fourth-order valence-electron chi connectivity index (χ4n) is 1.63. The molecule has 0 saturated carbocycles. The molecule has 2 N–H and O–H groups in total. The van der Waals surface area contributed by atoms with Gasteiger partial charge in [-0.3, -0.25) is 9.89 Å². The minimum Gasteiger partial charge on any atom is -0.281 e. The van der Waals surface area contributed by atoms with E-state index in [9.17, 15) is 4.79 Å². The summed E-state index contributed by atoms with van der Waals surface area (Å²) in [7, 11) is 0. The van der Waals surface area contributed by atoms with Gasteiger partial charge in [0.2, 0.25) is 0 Å². The van der Waals surface area contributed by atoms with Gasteiger partial charge in [-0.1, -0.05) is 44.5 Å². The molecule has 0 radical (unpaired) electrons. The van der Waals surface area contributed by atoms with Crippen molar-refractivity contribution in [1.82, 2.24) is 15.6 Å². The SMILES string of the molecule is CC(C)(C)c1cc(C(=O)NN=Cc2cccc(Cl)c2)n[nH]1. The molecule has 6 heteroatoms. The number of hydrazone groups is 1. The fourth-order valence-corrected chi connectivity index (χ4v) is 1.83. The lowest BCUT2D eigenvalue weighted by atomic mass is 9.92. The van der Waals surface area contributed by atoms with Crippen molar-refractivity contribution in [3.8, 4) is 0 Å². The number of aromatic amines is 1. The Kier molecular flexibility index (Phi) is 4.43. The first-order chi connectivity index (χ1) is 9.86. The van der Waals surface area contributed by atoms with Gasteiger partial charge in [0.15, 0.2) is 5.69 Å². The third-order valence-corrected chi connectivity index (χ3v) is 3.08. The zero-order valence-corrected chi connectivity index (χ0v) is 12.9. The highest BCUT2D eigenvalue weighted by molar-refractivity contribution is 6.30. The van der Waals surface area contributed by atoms with Gasteiger partial charge in [-0.05, 0) is 23.8 Å². The maximum absolute atomic E-state index is 11.9. The van der Waals surface area contributed by atoms with Gasteiger partial charge >= 0.3 is 0 Å². The first kappa shape index (κ1) is 15.3. The summed E-state index contributed by atoms with van der Waals surface area (Å²) in [5, 5.41) is 11.4. The Hall–Kier alpha value is -2.14. The minimum atomic E-state index is -0.361. The molecule has 1 aromatic carbocycles. The van der Waals surface area contributed by atoms with Crippen molar-refractivity contribution in [2.75, 3.05) is 0 Å². The molecule has 0 fully saturated rings. The van der Waals surface area contributed by atoms with Crippen LogP contribution in [-0.2, 0) is 5.41 Å². The van der Waals surface area contributed by atoms with Gasteiger partial charge in [0.1, 0.15) is 0 Å². The number of aromatic nitrogens is 2. The summed E-state index contributed by atoms with van der Waals surface area (Å²) in [6.07, 6.45) is 1.53. The normalized spacial score (nSPS) is 11.8. The van der Waals surface area contributed by atoms with Crippen LogP contribution < -0.4 is 5.43 Å². The van der Waals surface area contributed by atoms with Gasteiger partial charge < -0.3 is 0 Å². The summed E-state index contributed by atoms with van der Waals surface area (Å²) in [5.41, 5.74) is 4.36. The fraction of sp³-hybridized carbons (Fsp3) is 0.267. The Morgan fingerprint density at radius 2 is 2.14 bits per heavy atom. The van der Waals surface area contributed by atoms with Crippen molar-refractivity contribution in [2.24, 2.45) is 5.10 Å². The van der Waals surface area contributed by atoms with Crippen LogP contribution in [0, 0.1) is 0 Å². The number of rotatable bonds is 3. The number of carbonyl (C=O) groups is 1. The van der Waals surface area contributed by atoms with Gasteiger partial charge in [0, 0.05) is 16.1 Å². The molecule has 0 spiro atoms. The second-order valence-electron chi connectivity index (χ2n) is 5.67. The molecule has 0 bridgehead atoms. The second-order valence-corrected chi connectivity index (χ2v) is 6.11. The van der Waals surface area contributed by atoms with Crippen LogP contribution >= 0.6 is 11.6 Å². The highest BCUT2D eigenvalue weighted by atomic mass is 35.5. The number of halogens is 1. The van der Waals surface area contributed by atoms with E-state index in [4.69, 9.17) is 11.6 Å². The van der Waals surface area contributed by atoms with E-state index in [-0.39, 0.29) is 11.3 Å². The molecule has 0 atom stereocenters. The highest BCUT2D eigenvalue weighted by Gasteiger charge is 2.18. The van der Waals surface area contributed by atoms with Gasteiger partial charge in [-0.25, -0.2) is 5.43 Å². The van der Waals surface area contributed by atoms with Crippen molar-refractivity contribution in [3.63, 3.8) is 0 Å². The highest BCUT2D eigenvalue weighted by Crippen LogP contribution is 2.20. The Bertz CT molecular complexity index is 670. The van der Waals surface area contributed by atoms with Gasteiger partial charge in [-0.2, -0.15) is 10.2 Å². The Balaban J connectivity index is 2.00. The van der Waals surface area contributed by atoms with Crippen LogP contribution in [-0.4, -0.2) is 22.3 Å². The molecule has 5 nitrogen and oxygen atoms in total. The predicted molar refractivity (Wildman–Crippen MR) is 83.8 cm³/mol. The summed E-state index contributed by atoms with van der Waals surface area (Å²) in [6, 6.07) is 8.91. The van der Waals surface area contributed by atoms with Crippen LogP contribution in [0.25, 0.3) is 0 Å². The van der Waals surface area contributed by atoms with Crippen LogP contribution in [0.15, 0.2) is 35.4 Å². The van der Waals surface area contributed by atoms with E-state index in [0.29, 0.717) is 10.7 Å². The zero-order valence-electron chi connectivity index (χ0n) is 12.1. The number of benzene rings is 1. The van der Waals surface area contributed by atoms with E-state index < -0.39 is 0 Å². The second kappa shape index (κ2) is 6.10. The molecule has 2 rings (SSSR count). The zero-order chi connectivity index (χ0) is 15.5. The van der Waals surface area contributed by atoms with Crippen molar-refractivity contribution < 1.29 is 4.79 Å². The number of carbonyl (C=O) groups excluding carboxylic acids is 1. The maximum Gasteiger partial charge on any atom is 0.291 e. The Labute approximate surface area is 128 Å². The summed E-state index contributed by atoms with van der Waals surface area (Å²) < 4.78 is 0. The maximum atomic E-state index is 11.9. The van der Waals surface area contributed by atoms with Gasteiger partial charge in [0.25, 0.3) is 5.91 Å². The van der Waals surface area contributed by atoms with Crippen LogP contribution in [0.5, 0.6) is 0 Å². The summed E-state index contributed by atoms with van der Waals surface area (Å²) >= 11 is 5.86. The monoisotopic (exact) mass is 304 g/mol. The molecule has 1 amide bonds. The summed E-state index contributed by atoms with van der Waals surface area (Å²) in [5.74, 6) is -0.361. The molecule has 1 aromatic heterocycles. The third-order valence-electron chi connectivity index (χ3n) is 2.85. The van der Waals surface area contributed by atoms with Crippen molar-refractivity contribution in [3.05, 3.63) is 52.3 Å². The molecular formula is C15H17ClN4O. The Morgan fingerprint density at radius 1 is 1.38 bits per heavy atom. The quantitative estimate of drug-likeness (QED) is 0.675. The topological polar surface area (TPSA) is 70.1 Å². The van der Waals surface area contributed by atoms with E-state index in [1.54, 1.807) is 18.2 Å². The van der Waals surface area contributed by atoms with Crippen LogP contribution in [0.2, 0.25) is 5.02 Å². The average Bonchev–Trinajstić information content (AvgIpc) is 2.88. The number of amides is 1. The molecular weight excluding hydrogens is 288 g/mol. The number of hydrogen-bond acceptors (Lipinski definition) is 3. The lowest BCUT2D eigenvalue weighted by Gasteiger charge is -2.14. The standard InChI is InChI=1S/C15H17ClN4O/c1-15(2,3)13-8-12(18-19-13)14(21)20-17-9-10-5-4-6-11(16)7-10/h4-9H,1-3H3,(H,18,19)(H,20,21). The molecule has 0 aliphatic carbocycles. The molecule has 1 heterocycles. The number of nitrogens with zero attached hydrogens (tertiary/aromatic N) is 2. The first-order valence-electron chi connectivity index (χ1n) is 6.51. The van der Waals surface area contributed by atoms with Crippen molar-refractivity contribution >= 4 is 23.7 Å². The van der Waals surface area contributed by atoms with E-state index in [0.717, 1.165) is 11.3 Å². The number of hydrogen-bond donors (Lipinski definition) is 2. The number of nitrogens with one attached hydrogen (secondary N) is 2. The largest absolute Gasteiger partial charge is 0.291 e. The Morgan fingerprint density at radius 3 is 2.76 bits per heavy atom. The summed E-state index contributed by atoms with van der Waals surface area (Å²) in [4.78, 5) is 11.9. The van der Waals surface area contributed by atoms with E-state index in [2.05, 4.69) is 20.7 Å². The first-order valence-corrected chi connectivity index (χ1v) is 6.89. The molecule has 0 aliphatic rings. The van der Waals surface area contributed by atoms with Gasteiger partial charge in [0.05, 0.1) is 6.21 Å². The lowest BCUT2D eigenvalue weighted by molar-refractivity contribution is 0.0950. The molecule has 0 unspecified atom stereocenters. The van der Waals surface area contributed by atoms with Crippen LogP contribution in [0.3, 0.4) is 0 Å². The van der Waals surface area contributed by atoms with Crippen molar-refractivity contribution in [2.45, 2.75) is 26.2 Å². The van der Waals surface area contributed by atoms with E-state index in [1.807, 2.05) is 32.9 Å². The third kappa shape index (κ3) is 4.16. The van der Waals surface area contributed by atoms with E-state index >= 15 is 0 Å². The molecule has 0 saturated heterocycles. The van der Waals surface area contributed by atoms with Gasteiger partial charge in [-0.15, -0.1) is 0 Å². The van der Waals surface area contributed by atoms with Crippen molar-refractivity contribution in [1.29, 1.82) is 0 Å². The molecule has 21 heavy (non-hydrogen) atoms. The number of H-pyrrole nitrogens is 1. The van der Waals surface area contributed by atoms with E-state index in [1.165, 1.54) is 6.21 Å². The molecule has 0 aliphatic heterocycles. The smallest absolute Gasteiger partial charge is 0.281 e. The minimum absolute atomic E-state index is 0.0877. The summed E-state index contributed by atoms with van der Waals surface area (Å²) in [6.45, 7) is 6.12. The molecule has 110 valence electrons. The average molecular weight is 305 g/mol. The predicted octanol–water partition coefficient (Wildman–Crippen LogP) is 3.12. The van der Waals surface area contributed by atoms with Crippen LogP contribution in [0.1, 0.15) is 42.5 Å². The molecule has 2 aromatic rings. The van der Waals surface area contributed by atoms with Crippen LogP contribution in [0.4, 0.5) is 0 Å². The lowest BCUT2D eigenvalue weighted by Crippen LogP contribution is -2.18.